The third-order valence-electron chi connectivity index (χ3n) is 2.03. The van der Waals surface area contributed by atoms with Gasteiger partial charge in [-0.2, -0.15) is 0 Å². The summed E-state index contributed by atoms with van der Waals surface area (Å²) in [7, 11) is 1.93. The van der Waals surface area contributed by atoms with Crippen molar-refractivity contribution in [3.8, 4) is 0 Å². The van der Waals surface area contributed by atoms with E-state index < -0.39 is 0 Å². The Morgan fingerprint density at radius 3 is 2.82 bits per heavy atom. The zero-order valence-corrected chi connectivity index (χ0v) is 6.74. The number of hydrogen-bond acceptors (Lipinski definition) is 2. The summed E-state index contributed by atoms with van der Waals surface area (Å²) < 4.78 is 0. The lowest BCUT2D eigenvalue weighted by molar-refractivity contribution is 0.0775. The zero-order valence-electron chi connectivity index (χ0n) is 6.74. The number of benzene rings is 1. The highest BCUT2D eigenvalue weighted by Gasteiger charge is 2.22. The molecule has 0 aliphatic carbocycles. The van der Waals surface area contributed by atoms with E-state index in [1.54, 1.807) is 0 Å². The Kier molecular flexibility index (Phi) is 1.36. The van der Waals surface area contributed by atoms with Crippen molar-refractivity contribution in [2.45, 2.75) is 13.0 Å². The van der Waals surface area contributed by atoms with Gasteiger partial charge >= 0.3 is 0 Å². The summed E-state index contributed by atoms with van der Waals surface area (Å²) >= 11 is 0. The lowest BCUT2D eigenvalue weighted by Gasteiger charge is -2.09. The van der Waals surface area contributed by atoms with E-state index in [0.29, 0.717) is 0 Å². The number of para-hydroxylation sites is 1. The SMILES string of the molecule is CC1ON(C)c2ccccc21. The minimum Gasteiger partial charge on any atom is -0.266 e. The molecule has 0 saturated heterocycles. The maximum Gasteiger partial charge on any atom is 0.110 e. The molecule has 58 valence electrons. The molecule has 1 aliphatic rings. The van der Waals surface area contributed by atoms with Gasteiger partial charge in [-0.1, -0.05) is 18.2 Å². The average Bonchev–Trinajstić information content (AvgIpc) is 2.30. The van der Waals surface area contributed by atoms with Gasteiger partial charge in [0.1, 0.15) is 6.10 Å². The zero-order chi connectivity index (χ0) is 7.84. The molecule has 11 heavy (non-hydrogen) atoms. The van der Waals surface area contributed by atoms with Crippen molar-refractivity contribution in [3.63, 3.8) is 0 Å². The molecule has 0 saturated carbocycles. The van der Waals surface area contributed by atoms with E-state index in [9.17, 15) is 0 Å². The Morgan fingerprint density at radius 1 is 1.36 bits per heavy atom. The highest BCUT2D eigenvalue weighted by molar-refractivity contribution is 5.54. The molecule has 1 unspecified atom stereocenters. The van der Waals surface area contributed by atoms with Gasteiger partial charge in [-0.3, -0.25) is 9.90 Å². The second kappa shape index (κ2) is 2.24. The molecule has 0 fully saturated rings. The molecule has 0 amide bonds. The van der Waals surface area contributed by atoms with Crippen LogP contribution in [0.25, 0.3) is 0 Å². The van der Waals surface area contributed by atoms with Gasteiger partial charge < -0.3 is 0 Å². The van der Waals surface area contributed by atoms with Crippen LogP contribution < -0.4 is 5.06 Å². The van der Waals surface area contributed by atoms with Gasteiger partial charge in [0.25, 0.3) is 0 Å². The van der Waals surface area contributed by atoms with E-state index in [1.807, 2.05) is 24.2 Å². The molecular weight excluding hydrogens is 138 g/mol. The van der Waals surface area contributed by atoms with Gasteiger partial charge in [0, 0.05) is 12.6 Å². The topological polar surface area (TPSA) is 12.5 Å². The molecule has 1 atom stereocenters. The van der Waals surface area contributed by atoms with Gasteiger partial charge in [0.05, 0.1) is 5.69 Å². The van der Waals surface area contributed by atoms with Gasteiger partial charge in [0.2, 0.25) is 0 Å². The fraction of sp³-hybridized carbons (Fsp3) is 0.333. The first-order chi connectivity index (χ1) is 5.29. The number of anilines is 1. The maximum atomic E-state index is 5.46. The first-order valence-corrected chi connectivity index (χ1v) is 3.78. The van der Waals surface area contributed by atoms with Crippen molar-refractivity contribution in [1.29, 1.82) is 0 Å². The molecular formula is C9H11NO. The molecule has 0 aromatic heterocycles. The second-order valence-corrected chi connectivity index (χ2v) is 2.80. The molecule has 1 aromatic rings. The summed E-state index contributed by atoms with van der Waals surface area (Å²) in [5.74, 6) is 0. The van der Waals surface area contributed by atoms with Crippen molar-refractivity contribution in [2.75, 3.05) is 12.1 Å². The smallest absolute Gasteiger partial charge is 0.110 e. The molecule has 2 rings (SSSR count). The molecule has 2 nitrogen and oxygen atoms in total. The van der Waals surface area contributed by atoms with Crippen LogP contribution in [0.5, 0.6) is 0 Å². The second-order valence-electron chi connectivity index (χ2n) is 2.80. The van der Waals surface area contributed by atoms with Crippen molar-refractivity contribution >= 4 is 5.69 Å². The third kappa shape index (κ3) is 0.906. The number of rotatable bonds is 0. The summed E-state index contributed by atoms with van der Waals surface area (Å²) in [4.78, 5) is 5.46. The molecule has 1 heterocycles. The van der Waals surface area contributed by atoms with Gasteiger partial charge in [0.15, 0.2) is 0 Å². The highest BCUT2D eigenvalue weighted by atomic mass is 16.7. The fourth-order valence-electron chi connectivity index (χ4n) is 1.47. The first kappa shape index (κ1) is 6.68. The van der Waals surface area contributed by atoms with Crippen LogP contribution >= 0.6 is 0 Å². The van der Waals surface area contributed by atoms with Crippen molar-refractivity contribution in [1.82, 2.24) is 0 Å². The maximum absolute atomic E-state index is 5.46. The van der Waals surface area contributed by atoms with Crippen molar-refractivity contribution < 1.29 is 4.84 Å². The average molecular weight is 149 g/mol. The molecule has 2 heteroatoms. The van der Waals surface area contributed by atoms with Crippen LogP contribution in [0.4, 0.5) is 5.69 Å². The summed E-state index contributed by atoms with van der Waals surface area (Å²) in [5.41, 5.74) is 2.45. The van der Waals surface area contributed by atoms with E-state index in [1.165, 1.54) is 11.3 Å². The van der Waals surface area contributed by atoms with Crippen molar-refractivity contribution in [3.05, 3.63) is 29.8 Å². The lowest BCUT2D eigenvalue weighted by atomic mass is 10.1. The summed E-state index contributed by atoms with van der Waals surface area (Å²) in [6.07, 6.45) is 0.205. The van der Waals surface area contributed by atoms with E-state index in [2.05, 4.69) is 19.1 Å². The Balaban J connectivity index is 2.52. The Labute approximate surface area is 66.3 Å². The van der Waals surface area contributed by atoms with E-state index in [4.69, 9.17) is 4.84 Å². The lowest BCUT2D eigenvalue weighted by Crippen LogP contribution is -2.10. The minimum absolute atomic E-state index is 0.205. The predicted molar refractivity (Wildman–Crippen MR) is 44.3 cm³/mol. The quantitative estimate of drug-likeness (QED) is 0.560. The fourth-order valence-corrected chi connectivity index (χ4v) is 1.47. The van der Waals surface area contributed by atoms with Crippen LogP contribution in [0.2, 0.25) is 0 Å². The van der Waals surface area contributed by atoms with Crippen LogP contribution in [0, 0.1) is 0 Å². The Hall–Kier alpha value is -1.02. The summed E-state index contributed by atoms with van der Waals surface area (Å²) in [5, 5.41) is 1.82. The molecule has 1 aromatic carbocycles. The normalized spacial score (nSPS) is 22.0. The Morgan fingerprint density at radius 2 is 2.09 bits per heavy atom. The highest BCUT2D eigenvalue weighted by Crippen LogP contribution is 2.35. The first-order valence-electron chi connectivity index (χ1n) is 3.78. The molecule has 1 aliphatic heterocycles. The van der Waals surface area contributed by atoms with Gasteiger partial charge in [-0.15, -0.1) is 0 Å². The largest absolute Gasteiger partial charge is 0.266 e. The number of fused-ring (bicyclic) bond motifs is 1. The summed E-state index contributed by atoms with van der Waals surface area (Å²) in [6.45, 7) is 2.06. The monoisotopic (exact) mass is 149 g/mol. The predicted octanol–water partition coefficient (Wildman–Crippen LogP) is 2.13. The van der Waals surface area contributed by atoms with E-state index in [0.717, 1.165) is 0 Å². The van der Waals surface area contributed by atoms with Crippen LogP contribution in [-0.2, 0) is 4.84 Å². The van der Waals surface area contributed by atoms with Gasteiger partial charge in [-0.05, 0) is 13.0 Å². The van der Waals surface area contributed by atoms with Crippen LogP contribution in [0.3, 0.4) is 0 Å². The van der Waals surface area contributed by atoms with Crippen molar-refractivity contribution in [2.24, 2.45) is 0 Å². The summed E-state index contributed by atoms with van der Waals surface area (Å²) in [6, 6.07) is 8.23. The molecule has 0 spiro atoms. The van der Waals surface area contributed by atoms with Gasteiger partial charge in [-0.25, -0.2) is 0 Å². The van der Waals surface area contributed by atoms with Crippen LogP contribution in [0.15, 0.2) is 24.3 Å². The van der Waals surface area contributed by atoms with E-state index in [-0.39, 0.29) is 6.10 Å². The van der Waals surface area contributed by atoms with E-state index >= 15 is 0 Å². The molecule has 0 N–H and O–H groups in total. The standard InChI is InChI=1S/C9H11NO/c1-7-8-5-3-4-6-9(8)10(2)11-7/h3-7H,1-2H3. The number of hydrogen-bond donors (Lipinski definition) is 0. The minimum atomic E-state index is 0.205. The number of hydroxylamine groups is 1. The molecule has 0 radical (unpaired) electrons. The third-order valence-corrected chi connectivity index (χ3v) is 2.03. The number of nitrogens with zero attached hydrogens (tertiary/aromatic N) is 1. The Bertz CT molecular complexity index is 245. The van der Waals surface area contributed by atoms with Crippen LogP contribution in [-0.4, -0.2) is 7.05 Å². The van der Waals surface area contributed by atoms with Crippen LogP contribution in [0.1, 0.15) is 18.6 Å². The molecule has 0 bridgehead atoms.